The average Bonchev–Trinajstić information content (AvgIpc) is 2.27. The van der Waals surface area contributed by atoms with Gasteiger partial charge in [-0.25, -0.2) is 4.79 Å². The van der Waals surface area contributed by atoms with E-state index in [-0.39, 0.29) is 0 Å². The number of hydrogen-bond acceptors (Lipinski definition) is 3. The van der Waals surface area contributed by atoms with Crippen molar-refractivity contribution >= 4 is 11.7 Å². The molecule has 0 amide bonds. The first-order valence-electron chi connectivity index (χ1n) is 5.66. The van der Waals surface area contributed by atoms with Gasteiger partial charge in [0.05, 0.1) is 7.11 Å². The van der Waals surface area contributed by atoms with Gasteiger partial charge < -0.3 is 15.2 Å². The normalized spacial score (nSPS) is 12.2. The minimum Gasteiger partial charge on any atom is -0.497 e. The third kappa shape index (κ3) is 4.34. The molecule has 1 aromatic carbocycles. The second-order valence-corrected chi connectivity index (χ2v) is 4.40. The van der Waals surface area contributed by atoms with Crippen LogP contribution in [-0.4, -0.2) is 24.2 Å². The molecule has 0 heterocycles. The Morgan fingerprint density at radius 1 is 1.47 bits per heavy atom. The molecule has 0 aliphatic heterocycles. The Kier molecular flexibility index (Phi) is 4.82. The summed E-state index contributed by atoms with van der Waals surface area (Å²) in [6, 6.07) is 6.70. The summed E-state index contributed by atoms with van der Waals surface area (Å²) in [7, 11) is 1.59. The number of anilines is 1. The minimum atomic E-state index is -0.832. The predicted octanol–water partition coefficient (Wildman–Crippen LogP) is 2.61. The Hall–Kier alpha value is -1.71. The highest BCUT2D eigenvalue weighted by atomic mass is 16.5. The summed E-state index contributed by atoms with van der Waals surface area (Å²) in [5, 5.41) is 12.1. The number of methoxy groups -OCH3 is 1. The number of ether oxygens (including phenoxy) is 1. The van der Waals surface area contributed by atoms with E-state index in [2.05, 4.69) is 5.32 Å². The highest BCUT2D eigenvalue weighted by Gasteiger charge is 2.18. The van der Waals surface area contributed by atoms with Crippen LogP contribution in [0.4, 0.5) is 5.69 Å². The van der Waals surface area contributed by atoms with Gasteiger partial charge in [-0.1, -0.05) is 19.9 Å². The van der Waals surface area contributed by atoms with Crippen molar-refractivity contribution in [3.05, 3.63) is 24.3 Å². The quantitative estimate of drug-likeness (QED) is 0.798. The molecule has 0 aliphatic carbocycles. The van der Waals surface area contributed by atoms with Crippen molar-refractivity contribution in [2.75, 3.05) is 12.4 Å². The molecule has 0 bridgehead atoms. The van der Waals surface area contributed by atoms with Crippen LogP contribution in [0, 0.1) is 5.92 Å². The van der Waals surface area contributed by atoms with Gasteiger partial charge in [0.2, 0.25) is 0 Å². The van der Waals surface area contributed by atoms with Crippen molar-refractivity contribution in [1.82, 2.24) is 0 Å². The van der Waals surface area contributed by atoms with E-state index in [1.807, 2.05) is 32.0 Å². The van der Waals surface area contributed by atoms with E-state index in [1.54, 1.807) is 13.2 Å². The van der Waals surface area contributed by atoms with E-state index in [9.17, 15) is 4.79 Å². The molecule has 0 fully saturated rings. The zero-order valence-corrected chi connectivity index (χ0v) is 10.4. The third-order valence-electron chi connectivity index (χ3n) is 2.42. The molecule has 1 aromatic rings. The van der Waals surface area contributed by atoms with E-state index >= 15 is 0 Å². The highest BCUT2D eigenvalue weighted by Crippen LogP contribution is 2.19. The lowest BCUT2D eigenvalue weighted by Gasteiger charge is -2.18. The summed E-state index contributed by atoms with van der Waals surface area (Å²) < 4.78 is 5.09. The number of carboxylic acid groups (broad SMARTS) is 1. The van der Waals surface area contributed by atoms with Crippen molar-refractivity contribution in [3.63, 3.8) is 0 Å². The van der Waals surface area contributed by atoms with E-state index in [1.165, 1.54) is 0 Å². The van der Waals surface area contributed by atoms with Gasteiger partial charge >= 0.3 is 5.97 Å². The van der Waals surface area contributed by atoms with Crippen LogP contribution < -0.4 is 10.1 Å². The fraction of sp³-hybridized carbons (Fsp3) is 0.462. The van der Waals surface area contributed by atoms with Gasteiger partial charge in [0.1, 0.15) is 11.8 Å². The van der Waals surface area contributed by atoms with Crippen LogP contribution in [-0.2, 0) is 4.79 Å². The molecule has 0 aliphatic rings. The predicted molar refractivity (Wildman–Crippen MR) is 67.5 cm³/mol. The molecule has 0 spiro atoms. The summed E-state index contributed by atoms with van der Waals surface area (Å²) in [5.74, 6) is 0.208. The average molecular weight is 237 g/mol. The molecular formula is C13H19NO3. The monoisotopic (exact) mass is 237 g/mol. The van der Waals surface area contributed by atoms with E-state index in [0.717, 1.165) is 5.69 Å². The van der Waals surface area contributed by atoms with Crippen molar-refractivity contribution in [2.24, 2.45) is 5.92 Å². The van der Waals surface area contributed by atoms with Crippen molar-refractivity contribution < 1.29 is 14.6 Å². The standard InChI is InChI=1S/C13H19NO3/c1-9(2)7-12(13(15)16)14-10-5-4-6-11(8-10)17-3/h4-6,8-9,12,14H,7H2,1-3H3,(H,15,16). The molecule has 17 heavy (non-hydrogen) atoms. The van der Waals surface area contributed by atoms with Gasteiger partial charge in [0.25, 0.3) is 0 Å². The Balaban J connectivity index is 2.74. The second-order valence-electron chi connectivity index (χ2n) is 4.40. The third-order valence-corrected chi connectivity index (χ3v) is 2.42. The maximum Gasteiger partial charge on any atom is 0.326 e. The maximum atomic E-state index is 11.1. The molecular weight excluding hydrogens is 218 g/mol. The molecule has 0 saturated carbocycles. The lowest BCUT2D eigenvalue weighted by molar-refractivity contribution is -0.138. The van der Waals surface area contributed by atoms with Gasteiger partial charge in [-0.05, 0) is 24.5 Å². The number of nitrogens with one attached hydrogen (secondary N) is 1. The first-order valence-corrected chi connectivity index (χ1v) is 5.66. The summed E-state index contributed by atoms with van der Waals surface area (Å²) in [6.45, 7) is 4.01. The van der Waals surface area contributed by atoms with Gasteiger partial charge in [0, 0.05) is 11.8 Å². The molecule has 0 radical (unpaired) electrons. The summed E-state index contributed by atoms with van der Waals surface area (Å²) in [6.07, 6.45) is 0.590. The van der Waals surface area contributed by atoms with E-state index in [0.29, 0.717) is 18.1 Å². The van der Waals surface area contributed by atoms with E-state index < -0.39 is 12.0 Å². The fourth-order valence-corrected chi connectivity index (χ4v) is 1.61. The Bertz CT molecular complexity index is 377. The highest BCUT2D eigenvalue weighted by molar-refractivity contribution is 5.77. The largest absolute Gasteiger partial charge is 0.497 e. The smallest absolute Gasteiger partial charge is 0.326 e. The zero-order chi connectivity index (χ0) is 12.8. The number of rotatable bonds is 6. The number of hydrogen-bond donors (Lipinski definition) is 2. The molecule has 0 saturated heterocycles. The van der Waals surface area contributed by atoms with Crippen LogP contribution in [0.5, 0.6) is 5.75 Å². The van der Waals surface area contributed by atoms with Crippen LogP contribution >= 0.6 is 0 Å². The Morgan fingerprint density at radius 2 is 2.18 bits per heavy atom. The van der Waals surface area contributed by atoms with Crippen molar-refractivity contribution in [3.8, 4) is 5.75 Å². The Labute approximate surface area is 102 Å². The number of carboxylic acids is 1. The first kappa shape index (κ1) is 13.4. The zero-order valence-electron chi connectivity index (χ0n) is 10.4. The summed E-state index contributed by atoms with van der Waals surface area (Å²) >= 11 is 0. The van der Waals surface area contributed by atoms with Crippen LogP contribution in [0.2, 0.25) is 0 Å². The number of benzene rings is 1. The topological polar surface area (TPSA) is 58.6 Å². The van der Waals surface area contributed by atoms with Gasteiger partial charge in [0.15, 0.2) is 0 Å². The lowest BCUT2D eigenvalue weighted by atomic mass is 10.0. The molecule has 0 aromatic heterocycles. The maximum absolute atomic E-state index is 11.1. The van der Waals surface area contributed by atoms with Crippen LogP contribution in [0.3, 0.4) is 0 Å². The Morgan fingerprint density at radius 3 is 2.71 bits per heavy atom. The molecule has 1 unspecified atom stereocenters. The van der Waals surface area contributed by atoms with E-state index in [4.69, 9.17) is 9.84 Å². The summed E-state index contributed by atoms with van der Waals surface area (Å²) in [4.78, 5) is 11.1. The van der Waals surface area contributed by atoms with Gasteiger partial charge in [-0.2, -0.15) is 0 Å². The molecule has 1 rings (SSSR count). The molecule has 2 N–H and O–H groups in total. The van der Waals surface area contributed by atoms with Crippen molar-refractivity contribution in [2.45, 2.75) is 26.3 Å². The van der Waals surface area contributed by atoms with Crippen LogP contribution in [0.15, 0.2) is 24.3 Å². The molecule has 94 valence electrons. The van der Waals surface area contributed by atoms with Crippen LogP contribution in [0.25, 0.3) is 0 Å². The first-order chi connectivity index (χ1) is 8.02. The number of carbonyl (C=O) groups is 1. The molecule has 1 atom stereocenters. The SMILES string of the molecule is COc1cccc(NC(CC(C)C)C(=O)O)c1. The second kappa shape index (κ2) is 6.13. The number of aliphatic carboxylic acids is 1. The van der Waals surface area contributed by atoms with Gasteiger partial charge in [-0.3, -0.25) is 0 Å². The van der Waals surface area contributed by atoms with Crippen molar-refractivity contribution in [1.29, 1.82) is 0 Å². The molecule has 4 heteroatoms. The molecule has 4 nitrogen and oxygen atoms in total. The summed E-state index contributed by atoms with van der Waals surface area (Å²) in [5.41, 5.74) is 0.761. The minimum absolute atomic E-state index is 0.328. The van der Waals surface area contributed by atoms with Gasteiger partial charge in [-0.15, -0.1) is 0 Å². The fourth-order valence-electron chi connectivity index (χ4n) is 1.61. The van der Waals surface area contributed by atoms with Crippen LogP contribution in [0.1, 0.15) is 20.3 Å². The lowest BCUT2D eigenvalue weighted by Crippen LogP contribution is -2.30.